The fraction of sp³-hybridized carbons (Fsp3) is 0.0526. The Morgan fingerprint density at radius 3 is 2.52 bits per heavy atom. The van der Waals surface area contributed by atoms with Crippen LogP contribution in [0, 0.1) is 5.82 Å². The molecule has 0 bridgehead atoms. The SMILES string of the molecule is COc1c(Br)cc(-n2ccc(=O)[nH]c2=O)c(F)c1/C=C/c1ccc(N)cc1. The molecule has 1 aromatic heterocycles. The van der Waals surface area contributed by atoms with E-state index in [0.717, 1.165) is 16.2 Å². The normalized spacial score (nSPS) is 11.1. The molecule has 0 aliphatic carbocycles. The van der Waals surface area contributed by atoms with Gasteiger partial charge in [0.05, 0.1) is 22.8 Å². The number of methoxy groups -OCH3 is 1. The van der Waals surface area contributed by atoms with Crippen molar-refractivity contribution in [2.45, 2.75) is 0 Å². The molecule has 3 aromatic rings. The number of anilines is 1. The summed E-state index contributed by atoms with van der Waals surface area (Å²) in [6.07, 6.45) is 4.46. The van der Waals surface area contributed by atoms with Crippen LogP contribution >= 0.6 is 15.9 Å². The Hall–Kier alpha value is -3.13. The van der Waals surface area contributed by atoms with Crippen molar-refractivity contribution < 1.29 is 9.13 Å². The standard InChI is InChI=1S/C19H15BrFN3O3/c1-27-18-13(7-4-11-2-5-12(22)6-3-11)17(21)15(10-14(18)20)24-9-8-16(25)23-19(24)26/h2-10H,22H2,1H3,(H,23,25,26)/b7-4+. The van der Waals surface area contributed by atoms with E-state index in [1.54, 1.807) is 36.4 Å². The summed E-state index contributed by atoms with van der Waals surface area (Å²) in [5, 5.41) is 0. The first-order chi connectivity index (χ1) is 12.9. The van der Waals surface area contributed by atoms with E-state index in [2.05, 4.69) is 20.9 Å². The van der Waals surface area contributed by atoms with Gasteiger partial charge in [-0.05, 0) is 45.8 Å². The van der Waals surface area contributed by atoms with Crippen LogP contribution in [0.5, 0.6) is 5.75 Å². The molecule has 0 saturated heterocycles. The smallest absolute Gasteiger partial charge is 0.333 e. The van der Waals surface area contributed by atoms with Crippen LogP contribution in [0.15, 0.2) is 56.7 Å². The number of aromatic amines is 1. The van der Waals surface area contributed by atoms with Crippen molar-refractivity contribution in [3.63, 3.8) is 0 Å². The van der Waals surface area contributed by atoms with Crippen LogP contribution in [0.2, 0.25) is 0 Å². The Kier molecular flexibility index (Phi) is 5.27. The summed E-state index contributed by atoms with van der Waals surface area (Å²) in [6.45, 7) is 0. The van der Waals surface area contributed by atoms with Gasteiger partial charge in [-0.25, -0.2) is 9.18 Å². The van der Waals surface area contributed by atoms with Gasteiger partial charge in [0.25, 0.3) is 5.56 Å². The molecular formula is C19H15BrFN3O3. The second-order valence-electron chi connectivity index (χ2n) is 5.62. The second-order valence-corrected chi connectivity index (χ2v) is 6.47. The highest BCUT2D eigenvalue weighted by Crippen LogP contribution is 2.35. The van der Waals surface area contributed by atoms with E-state index in [-0.39, 0.29) is 17.0 Å². The van der Waals surface area contributed by atoms with Crippen LogP contribution < -0.4 is 21.7 Å². The molecule has 0 aliphatic rings. The number of benzene rings is 2. The van der Waals surface area contributed by atoms with Gasteiger partial charge in [0, 0.05) is 18.0 Å². The van der Waals surface area contributed by atoms with Gasteiger partial charge in [-0.2, -0.15) is 0 Å². The second kappa shape index (κ2) is 7.63. The zero-order valence-corrected chi connectivity index (χ0v) is 15.8. The highest BCUT2D eigenvalue weighted by atomic mass is 79.9. The van der Waals surface area contributed by atoms with E-state index in [1.165, 1.54) is 19.4 Å². The van der Waals surface area contributed by atoms with E-state index in [1.807, 2.05) is 0 Å². The highest BCUT2D eigenvalue weighted by molar-refractivity contribution is 9.10. The number of hydrogen-bond donors (Lipinski definition) is 2. The first-order valence-electron chi connectivity index (χ1n) is 7.82. The van der Waals surface area contributed by atoms with Gasteiger partial charge in [0.1, 0.15) is 5.75 Å². The largest absolute Gasteiger partial charge is 0.495 e. The minimum Gasteiger partial charge on any atom is -0.495 e. The number of ether oxygens (including phenoxy) is 1. The lowest BCUT2D eigenvalue weighted by Gasteiger charge is -2.14. The first-order valence-corrected chi connectivity index (χ1v) is 8.62. The summed E-state index contributed by atoms with van der Waals surface area (Å²) in [5.74, 6) is -0.392. The van der Waals surface area contributed by atoms with Crippen LogP contribution in [-0.2, 0) is 0 Å². The van der Waals surface area contributed by atoms with Gasteiger partial charge in [0.15, 0.2) is 5.82 Å². The first kappa shape index (κ1) is 18.7. The maximum absolute atomic E-state index is 15.2. The summed E-state index contributed by atoms with van der Waals surface area (Å²) in [4.78, 5) is 25.4. The molecule has 8 heteroatoms. The Labute approximate surface area is 161 Å². The number of nitrogens with zero attached hydrogens (tertiary/aromatic N) is 1. The summed E-state index contributed by atoms with van der Waals surface area (Å²) in [7, 11) is 1.42. The van der Waals surface area contributed by atoms with E-state index >= 15 is 4.39 Å². The maximum atomic E-state index is 15.2. The van der Waals surface area contributed by atoms with E-state index < -0.39 is 17.1 Å². The lowest BCUT2D eigenvalue weighted by atomic mass is 10.1. The molecule has 138 valence electrons. The van der Waals surface area contributed by atoms with Gasteiger partial charge < -0.3 is 10.5 Å². The minimum atomic E-state index is -0.744. The van der Waals surface area contributed by atoms with Gasteiger partial charge in [0.2, 0.25) is 0 Å². The van der Waals surface area contributed by atoms with E-state index in [4.69, 9.17) is 10.5 Å². The summed E-state index contributed by atoms with van der Waals surface area (Å²) >= 11 is 3.34. The molecule has 3 N–H and O–H groups in total. The Balaban J connectivity index is 2.17. The lowest BCUT2D eigenvalue weighted by molar-refractivity contribution is 0.407. The van der Waals surface area contributed by atoms with Crippen molar-refractivity contribution in [2.75, 3.05) is 12.8 Å². The molecule has 1 heterocycles. The van der Waals surface area contributed by atoms with Crippen LogP contribution in [0.3, 0.4) is 0 Å². The topological polar surface area (TPSA) is 90.1 Å². The van der Waals surface area contributed by atoms with Crippen molar-refractivity contribution in [3.05, 3.63) is 84.8 Å². The van der Waals surface area contributed by atoms with E-state index in [9.17, 15) is 9.59 Å². The lowest BCUT2D eigenvalue weighted by Crippen LogP contribution is -2.28. The summed E-state index contributed by atoms with van der Waals surface area (Å²) in [6, 6.07) is 9.61. The van der Waals surface area contributed by atoms with Gasteiger partial charge in [-0.3, -0.25) is 14.3 Å². The molecule has 0 fully saturated rings. The molecule has 2 aromatic carbocycles. The van der Waals surface area contributed by atoms with Gasteiger partial charge in [-0.1, -0.05) is 18.2 Å². The predicted octanol–water partition coefficient (Wildman–Crippen LogP) is 3.19. The monoisotopic (exact) mass is 431 g/mol. The van der Waals surface area contributed by atoms with Crippen molar-refractivity contribution in [1.29, 1.82) is 0 Å². The number of aromatic nitrogens is 2. The predicted molar refractivity (Wildman–Crippen MR) is 107 cm³/mol. The number of halogens is 2. The molecule has 27 heavy (non-hydrogen) atoms. The minimum absolute atomic E-state index is 0.0270. The zero-order chi connectivity index (χ0) is 19.6. The zero-order valence-electron chi connectivity index (χ0n) is 14.2. The highest BCUT2D eigenvalue weighted by Gasteiger charge is 2.18. The van der Waals surface area contributed by atoms with Crippen molar-refractivity contribution in [1.82, 2.24) is 9.55 Å². The fourth-order valence-electron chi connectivity index (χ4n) is 2.54. The maximum Gasteiger partial charge on any atom is 0.333 e. The van der Waals surface area contributed by atoms with Crippen molar-refractivity contribution in [2.24, 2.45) is 0 Å². The average Bonchev–Trinajstić information content (AvgIpc) is 2.63. The Morgan fingerprint density at radius 2 is 1.89 bits per heavy atom. The number of hydrogen-bond acceptors (Lipinski definition) is 4. The molecule has 0 saturated carbocycles. The van der Waals surface area contributed by atoms with Crippen molar-refractivity contribution in [3.8, 4) is 11.4 Å². The van der Waals surface area contributed by atoms with Crippen LogP contribution in [0.1, 0.15) is 11.1 Å². The molecule has 3 rings (SSSR count). The third-order valence-electron chi connectivity index (χ3n) is 3.85. The number of nitrogens with one attached hydrogen (secondary N) is 1. The molecule has 0 radical (unpaired) electrons. The van der Waals surface area contributed by atoms with Crippen LogP contribution in [0.4, 0.5) is 10.1 Å². The van der Waals surface area contributed by atoms with Crippen LogP contribution in [0.25, 0.3) is 17.8 Å². The Morgan fingerprint density at radius 1 is 1.19 bits per heavy atom. The third-order valence-corrected chi connectivity index (χ3v) is 4.44. The molecule has 0 atom stereocenters. The van der Waals surface area contributed by atoms with Gasteiger partial charge >= 0.3 is 5.69 Å². The number of nitrogens with two attached hydrogens (primary N) is 1. The Bertz CT molecular complexity index is 1130. The molecule has 0 unspecified atom stereocenters. The van der Waals surface area contributed by atoms with Crippen LogP contribution in [-0.4, -0.2) is 16.7 Å². The average molecular weight is 432 g/mol. The summed E-state index contributed by atoms with van der Waals surface area (Å²) in [5.41, 5.74) is 5.92. The molecular weight excluding hydrogens is 417 g/mol. The fourth-order valence-corrected chi connectivity index (χ4v) is 3.13. The molecule has 0 aliphatic heterocycles. The quantitative estimate of drug-likeness (QED) is 0.490. The van der Waals surface area contributed by atoms with Crippen molar-refractivity contribution >= 4 is 33.8 Å². The van der Waals surface area contributed by atoms with E-state index in [0.29, 0.717) is 10.2 Å². The molecule has 0 spiro atoms. The third kappa shape index (κ3) is 3.85. The number of rotatable bonds is 4. The molecule has 6 nitrogen and oxygen atoms in total. The van der Waals surface area contributed by atoms with Gasteiger partial charge in [-0.15, -0.1) is 0 Å². The number of nitrogen functional groups attached to an aromatic ring is 1. The number of H-pyrrole nitrogens is 1. The summed E-state index contributed by atoms with van der Waals surface area (Å²) < 4.78 is 22.0. The molecule has 0 amide bonds.